The van der Waals surface area contributed by atoms with Gasteiger partial charge >= 0.3 is 5.97 Å². The summed E-state index contributed by atoms with van der Waals surface area (Å²) in [5, 5.41) is 17.8. The molecule has 0 fully saturated rings. The zero-order valence-electron chi connectivity index (χ0n) is 8.69. The summed E-state index contributed by atoms with van der Waals surface area (Å²) >= 11 is 5.39. The summed E-state index contributed by atoms with van der Waals surface area (Å²) in [6.07, 6.45) is -1.92. The Morgan fingerprint density at radius 1 is 1.41 bits per heavy atom. The molecule has 17 heavy (non-hydrogen) atoms. The fourth-order valence-corrected chi connectivity index (χ4v) is 1.46. The van der Waals surface area contributed by atoms with Crippen molar-refractivity contribution < 1.29 is 24.2 Å². The number of aliphatic hydroxyl groups is 1. The van der Waals surface area contributed by atoms with Gasteiger partial charge < -0.3 is 10.2 Å². The van der Waals surface area contributed by atoms with Gasteiger partial charge in [-0.1, -0.05) is 0 Å². The van der Waals surface area contributed by atoms with Crippen LogP contribution in [0, 0.1) is 5.82 Å². The molecule has 1 rings (SSSR count). The van der Waals surface area contributed by atoms with Gasteiger partial charge in [0.05, 0.1) is 0 Å². The second-order valence-corrected chi connectivity index (χ2v) is 3.72. The molecule has 1 aromatic rings. The second kappa shape index (κ2) is 5.75. The van der Waals surface area contributed by atoms with Crippen LogP contribution in [-0.2, 0) is 4.79 Å². The molecular formula is C11H10ClFO4. The Hall–Kier alpha value is -1.46. The van der Waals surface area contributed by atoms with Crippen molar-refractivity contribution in [2.75, 3.05) is 5.88 Å². The molecule has 6 heteroatoms. The van der Waals surface area contributed by atoms with Crippen LogP contribution in [0.4, 0.5) is 4.39 Å². The maximum Gasteiger partial charge on any atom is 0.337 e. The van der Waals surface area contributed by atoms with Gasteiger partial charge in [0.15, 0.2) is 11.9 Å². The number of aliphatic carboxylic acids is 1. The first-order valence-corrected chi connectivity index (χ1v) is 5.30. The number of Topliss-reactive ketones (excluding diaryl/α,β-unsaturated/α-hetero) is 1. The van der Waals surface area contributed by atoms with Crippen LogP contribution in [-0.4, -0.2) is 27.8 Å². The zero-order valence-corrected chi connectivity index (χ0v) is 9.45. The van der Waals surface area contributed by atoms with E-state index in [9.17, 15) is 19.1 Å². The lowest BCUT2D eigenvalue weighted by Gasteiger charge is -2.08. The molecule has 0 spiro atoms. The van der Waals surface area contributed by atoms with Crippen molar-refractivity contribution in [1.29, 1.82) is 0 Å². The molecule has 4 nitrogen and oxygen atoms in total. The molecular weight excluding hydrogens is 251 g/mol. The van der Waals surface area contributed by atoms with Crippen LogP contribution in [0.1, 0.15) is 28.4 Å². The minimum Gasteiger partial charge on any atom is -0.479 e. The highest BCUT2D eigenvalue weighted by molar-refractivity contribution is 6.19. The molecule has 0 heterocycles. The van der Waals surface area contributed by atoms with E-state index in [0.717, 1.165) is 12.1 Å². The zero-order chi connectivity index (χ0) is 13.0. The molecule has 0 aromatic heterocycles. The first kappa shape index (κ1) is 13.6. The van der Waals surface area contributed by atoms with Crippen LogP contribution in [0.15, 0.2) is 18.2 Å². The van der Waals surface area contributed by atoms with Gasteiger partial charge in [-0.15, -0.1) is 11.6 Å². The standard InChI is InChI=1S/C11H10ClFO4/c12-4-3-9(14)6-1-2-8(13)7(5-6)10(15)11(16)17/h1-2,5,10,15H,3-4H2,(H,16,17). The summed E-state index contributed by atoms with van der Waals surface area (Å²) in [4.78, 5) is 22.0. The molecule has 1 atom stereocenters. The predicted octanol–water partition coefficient (Wildman–Crippen LogP) is 1.76. The number of rotatable bonds is 5. The Balaban J connectivity index is 3.10. The lowest BCUT2D eigenvalue weighted by atomic mass is 10.0. The van der Waals surface area contributed by atoms with Gasteiger partial charge in [-0.05, 0) is 18.2 Å². The number of carboxylic acid groups (broad SMARTS) is 1. The molecule has 0 radical (unpaired) electrons. The summed E-state index contributed by atoms with van der Waals surface area (Å²) in [7, 11) is 0. The Bertz CT molecular complexity index is 447. The first-order valence-electron chi connectivity index (χ1n) is 4.77. The highest BCUT2D eigenvalue weighted by Crippen LogP contribution is 2.20. The van der Waals surface area contributed by atoms with Crippen LogP contribution in [0.3, 0.4) is 0 Å². The predicted molar refractivity (Wildman–Crippen MR) is 58.7 cm³/mol. The van der Waals surface area contributed by atoms with Crippen molar-refractivity contribution in [2.24, 2.45) is 0 Å². The van der Waals surface area contributed by atoms with Crippen LogP contribution in [0.2, 0.25) is 0 Å². The smallest absolute Gasteiger partial charge is 0.337 e. The molecule has 0 amide bonds. The lowest BCUT2D eigenvalue weighted by molar-refractivity contribution is -0.147. The fourth-order valence-electron chi connectivity index (χ4n) is 1.29. The molecule has 1 aromatic carbocycles. The normalized spacial score (nSPS) is 12.2. The first-order chi connectivity index (χ1) is 7.97. The second-order valence-electron chi connectivity index (χ2n) is 3.34. The molecule has 92 valence electrons. The SMILES string of the molecule is O=C(CCCl)c1ccc(F)c(C(O)C(=O)O)c1. The van der Waals surface area contributed by atoms with E-state index in [4.69, 9.17) is 16.7 Å². The summed E-state index contributed by atoms with van der Waals surface area (Å²) in [5.41, 5.74) is -0.305. The Labute approximate surface area is 102 Å². The quantitative estimate of drug-likeness (QED) is 0.625. The van der Waals surface area contributed by atoms with E-state index in [2.05, 4.69) is 0 Å². The number of carboxylic acids is 1. The van der Waals surface area contributed by atoms with E-state index in [-0.39, 0.29) is 23.6 Å². The van der Waals surface area contributed by atoms with Gasteiger partial charge in [0, 0.05) is 23.4 Å². The summed E-state index contributed by atoms with van der Waals surface area (Å²) in [5.74, 6) is -2.67. The third-order valence-corrected chi connectivity index (χ3v) is 2.36. The van der Waals surface area contributed by atoms with Crippen molar-refractivity contribution in [1.82, 2.24) is 0 Å². The lowest BCUT2D eigenvalue weighted by Crippen LogP contribution is -2.13. The highest BCUT2D eigenvalue weighted by atomic mass is 35.5. The number of benzene rings is 1. The van der Waals surface area contributed by atoms with E-state index in [1.54, 1.807) is 0 Å². The Kier molecular flexibility index (Phi) is 4.60. The summed E-state index contributed by atoms with van der Waals surface area (Å²) in [6, 6.07) is 3.20. The van der Waals surface area contributed by atoms with E-state index < -0.39 is 23.5 Å². The Morgan fingerprint density at radius 2 is 2.06 bits per heavy atom. The molecule has 0 saturated heterocycles. The third-order valence-electron chi connectivity index (χ3n) is 2.17. The van der Waals surface area contributed by atoms with Crippen molar-refractivity contribution in [3.63, 3.8) is 0 Å². The van der Waals surface area contributed by atoms with Crippen LogP contribution in [0.25, 0.3) is 0 Å². The number of carbonyl (C=O) groups is 2. The third kappa shape index (κ3) is 3.25. The molecule has 2 N–H and O–H groups in total. The van der Waals surface area contributed by atoms with Crippen molar-refractivity contribution in [2.45, 2.75) is 12.5 Å². The Morgan fingerprint density at radius 3 is 2.59 bits per heavy atom. The molecule has 1 unspecified atom stereocenters. The maximum atomic E-state index is 13.3. The van der Waals surface area contributed by atoms with E-state index >= 15 is 0 Å². The monoisotopic (exact) mass is 260 g/mol. The molecule has 0 bridgehead atoms. The number of hydrogen-bond donors (Lipinski definition) is 2. The van der Waals surface area contributed by atoms with Gasteiger partial charge in [-0.2, -0.15) is 0 Å². The highest BCUT2D eigenvalue weighted by Gasteiger charge is 2.21. The average Bonchev–Trinajstić information content (AvgIpc) is 2.28. The molecule has 0 saturated carbocycles. The summed E-state index contributed by atoms with van der Waals surface area (Å²) in [6.45, 7) is 0. The number of aliphatic hydroxyl groups excluding tert-OH is 1. The number of ketones is 1. The van der Waals surface area contributed by atoms with Crippen LogP contribution in [0.5, 0.6) is 0 Å². The van der Waals surface area contributed by atoms with Gasteiger partial charge in [-0.3, -0.25) is 4.79 Å². The van der Waals surface area contributed by atoms with Crippen LogP contribution < -0.4 is 0 Å². The molecule has 0 aliphatic rings. The fraction of sp³-hybridized carbons (Fsp3) is 0.273. The number of halogens is 2. The van der Waals surface area contributed by atoms with Gasteiger partial charge in [-0.25, -0.2) is 9.18 Å². The van der Waals surface area contributed by atoms with Gasteiger partial charge in [0.1, 0.15) is 5.82 Å². The number of hydrogen-bond acceptors (Lipinski definition) is 3. The number of alkyl halides is 1. The average molecular weight is 261 g/mol. The van der Waals surface area contributed by atoms with Gasteiger partial charge in [0.25, 0.3) is 0 Å². The minimum absolute atomic E-state index is 0.0653. The van der Waals surface area contributed by atoms with Gasteiger partial charge in [0.2, 0.25) is 0 Å². The van der Waals surface area contributed by atoms with E-state index in [1.165, 1.54) is 6.07 Å². The van der Waals surface area contributed by atoms with Crippen molar-refractivity contribution >= 4 is 23.4 Å². The molecule has 0 aliphatic heterocycles. The number of carbonyl (C=O) groups excluding carboxylic acids is 1. The van der Waals surface area contributed by atoms with E-state index in [0.29, 0.717) is 0 Å². The minimum atomic E-state index is -1.99. The topological polar surface area (TPSA) is 74.6 Å². The van der Waals surface area contributed by atoms with Crippen molar-refractivity contribution in [3.05, 3.63) is 35.1 Å². The molecule has 0 aliphatic carbocycles. The largest absolute Gasteiger partial charge is 0.479 e. The van der Waals surface area contributed by atoms with E-state index in [1.807, 2.05) is 0 Å². The summed E-state index contributed by atoms with van der Waals surface area (Å²) < 4.78 is 13.3. The maximum absolute atomic E-state index is 13.3. The van der Waals surface area contributed by atoms with Crippen molar-refractivity contribution in [3.8, 4) is 0 Å². The van der Waals surface area contributed by atoms with Crippen LogP contribution >= 0.6 is 11.6 Å².